The highest BCUT2D eigenvalue weighted by Crippen LogP contribution is 2.43. The molecule has 18 heavy (non-hydrogen) atoms. The molecule has 0 aliphatic carbocycles. The molecule has 0 spiro atoms. The molecule has 0 bridgehead atoms. The lowest BCUT2D eigenvalue weighted by atomic mass is 9.81. The van der Waals surface area contributed by atoms with Gasteiger partial charge < -0.3 is 9.47 Å². The molecule has 0 aromatic rings. The fourth-order valence-corrected chi connectivity index (χ4v) is 3.00. The van der Waals surface area contributed by atoms with Crippen molar-refractivity contribution in [2.45, 2.75) is 78.1 Å². The zero-order valence-corrected chi connectivity index (χ0v) is 12.7. The maximum absolute atomic E-state index is 12.6. The lowest BCUT2D eigenvalue weighted by Gasteiger charge is -2.28. The lowest BCUT2D eigenvalue weighted by Crippen LogP contribution is -2.40. The van der Waals surface area contributed by atoms with Crippen molar-refractivity contribution in [2.75, 3.05) is 6.61 Å². The molecule has 0 amide bonds. The van der Waals surface area contributed by atoms with E-state index in [1.54, 1.807) is 0 Å². The summed E-state index contributed by atoms with van der Waals surface area (Å²) in [5, 5.41) is 0. The molecule has 0 saturated carbocycles. The van der Waals surface area contributed by atoms with Gasteiger partial charge in [-0.3, -0.25) is 4.79 Å². The van der Waals surface area contributed by atoms with Gasteiger partial charge in [0, 0.05) is 6.61 Å². The molecule has 2 unspecified atom stereocenters. The molecule has 3 heteroatoms. The van der Waals surface area contributed by atoms with Crippen LogP contribution in [0.25, 0.3) is 0 Å². The summed E-state index contributed by atoms with van der Waals surface area (Å²) in [5.74, 6) is 0.157. The van der Waals surface area contributed by atoms with Gasteiger partial charge in [0.2, 0.25) is 0 Å². The van der Waals surface area contributed by atoms with Crippen molar-refractivity contribution < 1.29 is 14.3 Å². The third-order valence-electron chi connectivity index (χ3n) is 3.65. The topological polar surface area (TPSA) is 35.5 Å². The second kappa shape index (κ2) is 5.70. The van der Waals surface area contributed by atoms with Crippen LogP contribution in [0.5, 0.6) is 0 Å². The van der Waals surface area contributed by atoms with Crippen molar-refractivity contribution in [1.82, 2.24) is 0 Å². The Bertz CT molecular complexity index is 288. The van der Waals surface area contributed by atoms with Crippen LogP contribution in [-0.2, 0) is 14.3 Å². The Kier molecular flexibility index (Phi) is 4.96. The fourth-order valence-electron chi connectivity index (χ4n) is 3.00. The van der Waals surface area contributed by atoms with Gasteiger partial charge in [0.1, 0.15) is 6.10 Å². The molecule has 1 heterocycles. The molecule has 106 valence electrons. The first-order chi connectivity index (χ1) is 8.23. The van der Waals surface area contributed by atoms with E-state index in [0.29, 0.717) is 6.61 Å². The average Bonchev–Trinajstić information content (AvgIpc) is 2.45. The molecule has 1 aliphatic heterocycles. The van der Waals surface area contributed by atoms with Crippen molar-refractivity contribution in [1.29, 1.82) is 0 Å². The van der Waals surface area contributed by atoms with Crippen LogP contribution in [0, 0.1) is 5.92 Å². The van der Waals surface area contributed by atoms with Crippen LogP contribution >= 0.6 is 0 Å². The number of hydrogen-bond acceptors (Lipinski definition) is 3. The van der Waals surface area contributed by atoms with Gasteiger partial charge in [-0.2, -0.15) is 0 Å². The van der Waals surface area contributed by atoms with Crippen LogP contribution in [0.2, 0.25) is 0 Å². The minimum absolute atomic E-state index is 0.0596. The van der Waals surface area contributed by atoms with Crippen LogP contribution in [0.4, 0.5) is 0 Å². The summed E-state index contributed by atoms with van der Waals surface area (Å²) in [5.41, 5.74) is -0.601. The third kappa shape index (κ3) is 3.55. The Morgan fingerprint density at radius 1 is 1.33 bits per heavy atom. The summed E-state index contributed by atoms with van der Waals surface area (Å²) < 4.78 is 11.6. The average molecular weight is 256 g/mol. The zero-order chi connectivity index (χ0) is 14.0. The number of carbonyl (C=O) groups excluding carboxylic acids is 1. The highest BCUT2D eigenvalue weighted by Gasteiger charge is 2.50. The third-order valence-corrected chi connectivity index (χ3v) is 3.65. The predicted octanol–water partition coefficient (Wildman–Crippen LogP) is 3.35. The van der Waals surface area contributed by atoms with E-state index < -0.39 is 0 Å². The van der Waals surface area contributed by atoms with Crippen molar-refractivity contribution in [3.8, 4) is 0 Å². The van der Waals surface area contributed by atoms with Crippen molar-refractivity contribution in [3.63, 3.8) is 0 Å². The molecular weight excluding hydrogens is 228 g/mol. The minimum Gasteiger partial charge on any atom is -0.371 e. The standard InChI is InChI=1S/C15H28O3/c1-7-9-12(17-8-2)13(16)11-10-14(3,4)18-15(11,5)6/h11-12H,7-10H2,1-6H3. The van der Waals surface area contributed by atoms with E-state index in [0.717, 1.165) is 19.3 Å². The van der Waals surface area contributed by atoms with Gasteiger partial charge in [0.25, 0.3) is 0 Å². The Hall–Kier alpha value is -0.410. The first kappa shape index (κ1) is 15.6. The quantitative estimate of drug-likeness (QED) is 0.731. The number of Topliss-reactive ketones (excluding diaryl/α,β-unsaturated/α-hetero) is 1. The molecule has 1 aliphatic rings. The minimum atomic E-state index is -0.385. The van der Waals surface area contributed by atoms with Gasteiger partial charge in [0.05, 0.1) is 17.1 Å². The molecule has 1 fully saturated rings. The molecule has 1 rings (SSSR count). The van der Waals surface area contributed by atoms with E-state index in [9.17, 15) is 4.79 Å². The first-order valence-corrected chi connectivity index (χ1v) is 7.09. The smallest absolute Gasteiger partial charge is 0.167 e. The molecule has 3 nitrogen and oxygen atoms in total. The van der Waals surface area contributed by atoms with Crippen molar-refractivity contribution in [3.05, 3.63) is 0 Å². The fraction of sp³-hybridized carbons (Fsp3) is 0.933. The summed E-state index contributed by atoms with van der Waals surface area (Å²) in [7, 11) is 0. The lowest BCUT2D eigenvalue weighted by molar-refractivity contribution is -0.141. The van der Waals surface area contributed by atoms with E-state index in [1.165, 1.54) is 0 Å². The molecule has 0 N–H and O–H groups in total. The first-order valence-electron chi connectivity index (χ1n) is 7.09. The van der Waals surface area contributed by atoms with Crippen LogP contribution in [0.1, 0.15) is 60.8 Å². The maximum Gasteiger partial charge on any atom is 0.167 e. The van der Waals surface area contributed by atoms with Crippen LogP contribution in [0.15, 0.2) is 0 Å². The summed E-state index contributed by atoms with van der Waals surface area (Å²) in [4.78, 5) is 12.6. The number of carbonyl (C=O) groups is 1. The summed E-state index contributed by atoms with van der Waals surface area (Å²) in [6.45, 7) is 12.7. The van der Waals surface area contributed by atoms with Gasteiger partial charge in [-0.05, 0) is 47.5 Å². The van der Waals surface area contributed by atoms with Crippen LogP contribution in [-0.4, -0.2) is 29.7 Å². The van der Waals surface area contributed by atoms with Crippen LogP contribution in [0.3, 0.4) is 0 Å². The van der Waals surface area contributed by atoms with E-state index >= 15 is 0 Å². The number of ether oxygens (including phenoxy) is 2. The van der Waals surface area contributed by atoms with E-state index in [2.05, 4.69) is 20.8 Å². The highest BCUT2D eigenvalue weighted by atomic mass is 16.5. The van der Waals surface area contributed by atoms with Gasteiger partial charge in [-0.15, -0.1) is 0 Å². The predicted molar refractivity (Wildman–Crippen MR) is 72.7 cm³/mol. The second-order valence-electron chi connectivity index (χ2n) is 6.36. The van der Waals surface area contributed by atoms with Gasteiger partial charge in [0.15, 0.2) is 5.78 Å². The van der Waals surface area contributed by atoms with Crippen molar-refractivity contribution in [2.24, 2.45) is 5.92 Å². The molecule has 0 aromatic carbocycles. The Morgan fingerprint density at radius 2 is 1.94 bits per heavy atom. The van der Waals surface area contributed by atoms with E-state index in [-0.39, 0.29) is 29.0 Å². The Balaban J connectivity index is 2.81. The van der Waals surface area contributed by atoms with E-state index in [4.69, 9.17) is 9.47 Å². The number of ketones is 1. The summed E-state index contributed by atoms with van der Waals surface area (Å²) >= 11 is 0. The van der Waals surface area contributed by atoms with Gasteiger partial charge in [-0.25, -0.2) is 0 Å². The number of hydrogen-bond donors (Lipinski definition) is 0. The SMILES string of the molecule is CCCC(OCC)C(=O)C1CC(C)(C)OC1(C)C. The molecule has 0 aromatic heterocycles. The summed E-state index contributed by atoms with van der Waals surface area (Å²) in [6.07, 6.45) is 2.29. The maximum atomic E-state index is 12.6. The number of rotatable bonds is 6. The van der Waals surface area contributed by atoms with Crippen LogP contribution < -0.4 is 0 Å². The molecule has 2 atom stereocenters. The van der Waals surface area contributed by atoms with Gasteiger partial charge in [-0.1, -0.05) is 13.3 Å². The molecular formula is C15H28O3. The highest BCUT2D eigenvalue weighted by molar-refractivity contribution is 5.86. The van der Waals surface area contributed by atoms with E-state index in [1.807, 2.05) is 20.8 Å². The molecule has 0 radical (unpaired) electrons. The monoisotopic (exact) mass is 256 g/mol. The largest absolute Gasteiger partial charge is 0.371 e. The summed E-state index contributed by atoms with van der Waals surface area (Å²) in [6, 6.07) is 0. The van der Waals surface area contributed by atoms with Gasteiger partial charge >= 0.3 is 0 Å². The molecule has 1 saturated heterocycles. The second-order valence-corrected chi connectivity index (χ2v) is 6.36. The van der Waals surface area contributed by atoms with Crippen molar-refractivity contribution >= 4 is 5.78 Å². The Morgan fingerprint density at radius 3 is 2.33 bits per heavy atom. The normalized spacial score (nSPS) is 27.1. The Labute approximate surface area is 111 Å². The zero-order valence-electron chi connectivity index (χ0n) is 12.7.